The van der Waals surface area contributed by atoms with Gasteiger partial charge in [-0.2, -0.15) is 0 Å². The fraction of sp³-hybridized carbons (Fsp3) is 0.333. The Balaban J connectivity index is 2.08. The molecule has 3 rings (SSSR count). The Kier molecular flexibility index (Phi) is 5.67. The lowest BCUT2D eigenvalue weighted by molar-refractivity contribution is 0.340. The molecule has 3 aromatic rings. The van der Waals surface area contributed by atoms with Crippen molar-refractivity contribution in [1.82, 2.24) is 4.98 Å². The van der Waals surface area contributed by atoms with Gasteiger partial charge in [0.05, 0.1) is 6.61 Å². The Labute approximate surface area is 154 Å². The molecular formula is C21H25ClN2O. The Hall–Kier alpha value is -1.97. The number of ether oxygens (including phenoxy) is 1. The van der Waals surface area contributed by atoms with Crippen LogP contribution in [0.1, 0.15) is 30.9 Å². The number of rotatable bonds is 7. The van der Waals surface area contributed by atoms with E-state index in [1.807, 2.05) is 25.1 Å². The molecule has 3 nitrogen and oxygen atoms in total. The zero-order chi connectivity index (χ0) is 17.8. The van der Waals surface area contributed by atoms with Crippen LogP contribution < -0.4 is 10.5 Å². The lowest BCUT2D eigenvalue weighted by Gasteiger charge is -2.07. The van der Waals surface area contributed by atoms with E-state index in [4.69, 9.17) is 22.1 Å². The summed E-state index contributed by atoms with van der Waals surface area (Å²) in [7, 11) is 0. The molecule has 0 aliphatic carbocycles. The number of fused-ring (bicyclic) bond motifs is 1. The third-order valence-electron chi connectivity index (χ3n) is 4.51. The molecular weight excluding hydrogens is 332 g/mol. The van der Waals surface area contributed by atoms with Crippen LogP contribution >= 0.6 is 11.6 Å². The van der Waals surface area contributed by atoms with Crippen molar-refractivity contribution in [2.45, 2.75) is 33.1 Å². The maximum Gasteiger partial charge on any atom is 0.119 e. The fourth-order valence-electron chi connectivity index (χ4n) is 3.32. The quantitative estimate of drug-likeness (QED) is 0.551. The van der Waals surface area contributed by atoms with Crippen LogP contribution in [0.3, 0.4) is 0 Å². The zero-order valence-corrected chi connectivity index (χ0v) is 15.6. The number of aromatic nitrogens is 1. The zero-order valence-electron chi connectivity index (χ0n) is 14.9. The molecule has 0 atom stereocenters. The lowest BCUT2D eigenvalue weighted by atomic mass is 9.99. The smallest absolute Gasteiger partial charge is 0.119 e. The summed E-state index contributed by atoms with van der Waals surface area (Å²) in [5, 5.41) is 1.99. The van der Waals surface area contributed by atoms with Crippen molar-refractivity contribution >= 4 is 22.5 Å². The Morgan fingerprint density at radius 3 is 2.56 bits per heavy atom. The first-order valence-electron chi connectivity index (χ1n) is 8.88. The highest BCUT2D eigenvalue weighted by atomic mass is 35.5. The number of nitrogens with two attached hydrogens (primary N) is 1. The molecule has 1 heterocycles. The van der Waals surface area contributed by atoms with Crippen LogP contribution in [0.2, 0.25) is 5.02 Å². The molecule has 0 amide bonds. The van der Waals surface area contributed by atoms with E-state index in [9.17, 15) is 0 Å². The fourth-order valence-corrected chi connectivity index (χ4v) is 3.59. The first-order chi connectivity index (χ1) is 12.1. The summed E-state index contributed by atoms with van der Waals surface area (Å²) in [6.07, 6.45) is 3.08. The number of nitrogens with one attached hydrogen (secondary N) is 1. The van der Waals surface area contributed by atoms with Gasteiger partial charge in [0.1, 0.15) is 5.75 Å². The van der Waals surface area contributed by atoms with E-state index in [1.165, 1.54) is 22.2 Å². The number of aromatic amines is 1. The minimum atomic E-state index is 0.674. The Morgan fingerprint density at radius 2 is 1.88 bits per heavy atom. The summed E-state index contributed by atoms with van der Waals surface area (Å²) in [5.74, 6) is 0.895. The second kappa shape index (κ2) is 7.94. The van der Waals surface area contributed by atoms with Crippen LogP contribution in [-0.2, 0) is 6.42 Å². The van der Waals surface area contributed by atoms with Gasteiger partial charge in [0.25, 0.3) is 0 Å². The summed E-state index contributed by atoms with van der Waals surface area (Å²) in [4.78, 5) is 3.62. The monoisotopic (exact) mass is 356 g/mol. The van der Waals surface area contributed by atoms with E-state index in [0.717, 1.165) is 47.7 Å². The van der Waals surface area contributed by atoms with E-state index in [1.54, 1.807) is 0 Å². The molecule has 0 radical (unpaired) electrons. The maximum atomic E-state index is 6.32. The van der Waals surface area contributed by atoms with Gasteiger partial charge in [-0.1, -0.05) is 11.6 Å². The normalized spacial score (nSPS) is 11.2. The van der Waals surface area contributed by atoms with Crippen LogP contribution in [0.5, 0.6) is 5.75 Å². The van der Waals surface area contributed by atoms with Crippen molar-refractivity contribution in [3.63, 3.8) is 0 Å². The van der Waals surface area contributed by atoms with Gasteiger partial charge in [0.15, 0.2) is 0 Å². The third kappa shape index (κ3) is 3.83. The standard InChI is InChI=1S/C21H25ClN2O/c1-3-25-17-9-7-15(8-10-17)21-18(6-4-5-11-23)19-13-16(22)12-14(2)20(19)24-21/h7-10,12-13,24H,3-6,11,23H2,1-2H3. The van der Waals surface area contributed by atoms with Crippen LogP contribution in [0.15, 0.2) is 36.4 Å². The lowest BCUT2D eigenvalue weighted by Crippen LogP contribution is -1.99. The number of benzene rings is 2. The molecule has 0 spiro atoms. The second-order valence-corrected chi connectivity index (χ2v) is 6.76. The minimum Gasteiger partial charge on any atom is -0.494 e. The summed E-state index contributed by atoms with van der Waals surface area (Å²) in [6, 6.07) is 12.3. The van der Waals surface area contributed by atoms with E-state index in [2.05, 4.69) is 30.1 Å². The van der Waals surface area contributed by atoms with E-state index < -0.39 is 0 Å². The minimum absolute atomic E-state index is 0.674. The van der Waals surface area contributed by atoms with Gasteiger partial charge in [0, 0.05) is 21.6 Å². The van der Waals surface area contributed by atoms with Gasteiger partial charge in [-0.15, -0.1) is 0 Å². The van der Waals surface area contributed by atoms with Gasteiger partial charge in [0.2, 0.25) is 0 Å². The Morgan fingerprint density at radius 1 is 1.12 bits per heavy atom. The topological polar surface area (TPSA) is 51.0 Å². The molecule has 2 aromatic carbocycles. The second-order valence-electron chi connectivity index (χ2n) is 6.33. The van der Waals surface area contributed by atoms with Crippen molar-refractivity contribution in [2.75, 3.05) is 13.2 Å². The molecule has 0 bridgehead atoms. The molecule has 0 saturated heterocycles. The predicted molar refractivity (Wildman–Crippen MR) is 107 cm³/mol. The highest BCUT2D eigenvalue weighted by molar-refractivity contribution is 6.31. The molecule has 0 fully saturated rings. The molecule has 0 aliphatic heterocycles. The molecule has 25 heavy (non-hydrogen) atoms. The van der Waals surface area contributed by atoms with Gasteiger partial charge in [-0.25, -0.2) is 0 Å². The van der Waals surface area contributed by atoms with Gasteiger partial charge < -0.3 is 15.5 Å². The van der Waals surface area contributed by atoms with Crippen molar-refractivity contribution in [3.8, 4) is 17.0 Å². The molecule has 4 heteroatoms. The molecule has 0 unspecified atom stereocenters. The van der Waals surface area contributed by atoms with Crippen molar-refractivity contribution < 1.29 is 4.74 Å². The van der Waals surface area contributed by atoms with Crippen LogP contribution in [0, 0.1) is 6.92 Å². The number of unbranched alkanes of at least 4 members (excludes halogenated alkanes) is 1. The molecule has 132 valence electrons. The van der Waals surface area contributed by atoms with Crippen LogP contribution in [0.4, 0.5) is 0 Å². The van der Waals surface area contributed by atoms with Gasteiger partial charge in [-0.05, 0) is 92.7 Å². The highest BCUT2D eigenvalue weighted by Gasteiger charge is 2.15. The summed E-state index contributed by atoms with van der Waals surface area (Å²) >= 11 is 6.32. The molecule has 0 aliphatic rings. The van der Waals surface area contributed by atoms with Crippen molar-refractivity contribution in [1.29, 1.82) is 0 Å². The van der Waals surface area contributed by atoms with Crippen LogP contribution in [-0.4, -0.2) is 18.1 Å². The van der Waals surface area contributed by atoms with Gasteiger partial charge >= 0.3 is 0 Å². The van der Waals surface area contributed by atoms with E-state index >= 15 is 0 Å². The molecule has 3 N–H and O–H groups in total. The maximum absolute atomic E-state index is 6.32. The van der Waals surface area contributed by atoms with E-state index in [0.29, 0.717) is 6.61 Å². The first-order valence-corrected chi connectivity index (χ1v) is 9.25. The number of H-pyrrole nitrogens is 1. The Bertz CT molecular complexity index is 852. The SMILES string of the molecule is CCOc1ccc(-c2[nH]c3c(C)cc(Cl)cc3c2CCCCN)cc1. The molecule has 0 saturated carbocycles. The van der Waals surface area contributed by atoms with Crippen LogP contribution in [0.25, 0.3) is 22.2 Å². The largest absolute Gasteiger partial charge is 0.494 e. The third-order valence-corrected chi connectivity index (χ3v) is 4.73. The highest BCUT2D eigenvalue weighted by Crippen LogP contribution is 2.35. The number of halogens is 1. The van der Waals surface area contributed by atoms with Crippen molar-refractivity contribution in [2.24, 2.45) is 5.73 Å². The number of hydrogen-bond acceptors (Lipinski definition) is 2. The number of aryl methyl sites for hydroxylation is 2. The average molecular weight is 357 g/mol. The molecule has 1 aromatic heterocycles. The summed E-state index contributed by atoms with van der Waals surface area (Å²) in [6.45, 7) is 5.48. The van der Waals surface area contributed by atoms with E-state index in [-0.39, 0.29) is 0 Å². The summed E-state index contributed by atoms with van der Waals surface area (Å²) in [5.41, 5.74) is 11.7. The van der Waals surface area contributed by atoms with Crippen molar-refractivity contribution in [3.05, 3.63) is 52.5 Å². The first kappa shape index (κ1) is 17.8. The summed E-state index contributed by atoms with van der Waals surface area (Å²) < 4.78 is 5.56. The van der Waals surface area contributed by atoms with Gasteiger partial charge in [-0.3, -0.25) is 0 Å². The average Bonchev–Trinajstić information content (AvgIpc) is 2.95. The predicted octanol–water partition coefficient (Wildman–Crippen LogP) is 5.48. The number of hydrogen-bond donors (Lipinski definition) is 2.